The van der Waals surface area contributed by atoms with Gasteiger partial charge in [0.2, 0.25) is 0 Å². The summed E-state index contributed by atoms with van der Waals surface area (Å²) in [5, 5.41) is 11.1. The van der Waals surface area contributed by atoms with Crippen molar-refractivity contribution in [1.82, 2.24) is 4.98 Å². The second kappa shape index (κ2) is 5.05. The number of aliphatic hydroxyl groups excluding tert-OH is 1. The van der Waals surface area contributed by atoms with Crippen LogP contribution >= 0.6 is 0 Å². The molecule has 0 saturated carbocycles. The zero-order valence-electron chi connectivity index (χ0n) is 11.4. The van der Waals surface area contributed by atoms with Crippen LogP contribution in [0.4, 0.5) is 0 Å². The number of hydrogen-bond donors (Lipinski definition) is 2. The Labute approximate surface area is 112 Å². The second-order valence-electron chi connectivity index (χ2n) is 5.60. The van der Waals surface area contributed by atoms with E-state index in [1.165, 1.54) is 0 Å². The highest BCUT2D eigenvalue weighted by atomic mass is 16.6. The number of ether oxygens (including phenoxy) is 1. The van der Waals surface area contributed by atoms with Gasteiger partial charge in [0.25, 0.3) is 0 Å². The number of aliphatic hydroxyl groups is 1. The van der Waals surface area contributed by atoms with Gasteiger partial charge in [0.1, 0.15) is 5.60 Å². The number of fused-ring (bicyclic) bond motifs is 1. The lowest BCUT2D eigenvalue weighted by Gasteiger charge is -2.20. The largest absolute Gasteiger partial charge is 0.460 e. The van der Waals surface area contributed by atoms with Gasteiger partial charge in [0, 0.05) is 22.7 Å². The van der Waals surface area contributed by atoms with Gasteiger partial charge >= 0.3 is 5.97 Å². The molecule has 0 amide bonds. The molecule has 0 aliphatic rings. The van der Waals surface area contributed by atoms with E-state index in [0.29, 0.717) is 0 Å². The van der Waals surface area contributed by atoms with E-state index in [-0.39, 0.29) is 6.42 Å². The Kier molecular flexibility index (Phi) is 3.62. The van der Waals surface area contributed by atoms with Crippen molar-refractivity contribution in [3.8, 4) is 0 Å². The molecule has 4 nitrogen and oxygen atoms in total. The first-order valence-corrected chi connectivity index (χ1v) is 6.33. The average Bonchev–Trinajstić information content (AvgIpc) is 2.69. The van der Waals surface area contributed by atoms with Gasteiger partial charge < -0.3 is 14.8 Å². The topological polar surface area (TPSA) is 62.3 Å². The van der Waals surface area contributed by atoms with Crippen molar-refractivity contribution in [2.45, 2.75) is 38.9 Å². The van der Waals surface area contributed by atoms with Gasteiger partial charge in [0.15, 0.2) is 0 Å². The third-order valence-electron chi connectivity index (χ3n) is 2.76. The first kappa shape index (κ1) is 13.6. The molecule has 19 heavy (non-hydrogen) atoms. The molecule has 1 unspecified atom stereocenters. The number of nitrogens with one attached hydrogen (secondary N) is 1. The first-order valence-electron chi connectivity index (χ1n) is 6.33. The molecule has 0 aliphatic carbocycles. The Morgan fingerprint density at radius 2 is 2.05 bits per heavy atom. The number of aromatic amines is 1. The highest BCUT2D eigenvalue weighted by molar-refractivity contribution is 5.84. The van der Waals surface area contributed by atoms with Gasteiger partial charge in [-0.05, 0) is 26.8 Å². The minimum absolute atomic E-state index is 0.0425. The molecule has 0 fully saturated rings. The zero-order valence-corrected chi connectivity index (χ0v) is 11.4. The summed E-state index contributed by atoms with van der Waals surface area (Å²) >= 11 is 0. The van der Waals surface area contributed by atoms with Crippen LogP contribution in [0, 0.1) is 0 Å². The van der Waals surface area contributed by atoms with E-state index in [1.807, 2.05) is 45.0 Å². The Balaban J connectivity index is 2.12. The molecule has 1 aromatic carbocycles. The van der Waals surface area contributed by atoms with Crippen molar-refractivity contribution in [2.24, 2.45) is 0 Å². The molecule has 1 heterocycles. The van der Waals surface area contributed by atoms with E-state index >= 15 is 0 Å². The summed E-state index contributed by atoms with van der Waals surface area (Å²) in [6, 6.07) is 7.67. The fourth-order valence-corrected chi connectivity index (χ4v) is 2.02. The van der Waals surface area contributed by atoms with E-state index in [0.717, 1.165) is 16.5 Å². The van der Waals surface area contributed by atoms with Crippen molar-refractivity contribution in [3.05, 3.63) is 36.0 Å². The summed E-state index contributed by atoms with van der Waals surface area (Å²) in [7, 11) is 0. The second-order valence-corrected chi connectivity index (χ2v) is 5.60. The predicted molar refractivity (Wildman–Crippen MR) is 73.7 cm³/mol. The van der Waals surface area contributed by atoms with Crippen LogP contribution in [-0.2, 0) is 9.53 Å². The van der Waals surface area contributed by atoms with E-state index in [1.54, 1.807) is 6.20 Å². The van der Waals surface area contributed by atoms with Crippen molar-refractivity contribution >= 4 is 16.9 Å². The van der Waals surface area contributed by atoms with Crippen LogP contribution in [0.25, 0.3) is 10.9 Å². The minimum atomic E-state index is -0.856. The molecule has 0 spiro atoms. The summed E-state index contributed by atoms with van der Waals surface area (Å²) in [5.74, 6) is -0.398. The van der Waals surface area contributed by atoms with Gasteiger partial charge in [-0.25, -0.2) is 0 Å². The maximum absolute atomic E-state index is 11.7. The molecule has 0 saturated heterocycles. The third-order valence-corrected chi connectivity index (χ3v) is 2.76. The van der Waals surface area contributed by atoms with E-state index < -0.39 is 17.7 Å². The van der Waals surface area contributed by atoms with Gasteiger partial charge in [0.05, 0.1) is 12.5 Å². The molecule has 2 N–H and O–H groups in total. The van der Waals surface area contributed by atoms with Crippen molar-refractivity contribution in [1.29, 1.82) is 0 Å². The molecule has 4 heteroatoms. The summed E-state index contributed by atoms with van der Waals surface area (Å²) in [6.07, 6.45) is 0.838. The number of carbonyl (C=O) groups excluding carboxylic acids is 1. The molecular formula is C15H19NO3. The average molecular weight is 261 g/mol. The van der Waals surface area contributed by atoms with Crippen LogP contribution in [-0.4, -0.2) is 21.7 Å². The Morgan fingerprint density at radius 1 is 1.37 bits per heavy atom. The first-order chi connectivity index (χ1) is 8.87. The van der Waals surface area contributed by atoms with Crippen LogP contribution in [0.2, 0.25) is 0 Å². The Hall–Kier alpha value is -1.81. The quantitative estimate of drug-likeness (QED) is 0.835. The summed E-state index contributed by atoms with van der Waals surface area (Å²) in [5.41, 5.74) is 1.14. The molecular weight excluding hydrogens is 242 g/mol. The number of hydrogen-bond acceptors (Lipinski definition) is 3. The van der Waals surface area contributed by atoms with E-state index in [4.69, 9.17) is 4.74 Å². The molecule has 0 radical (unpaired) electrons. The minimum Gasteiger partial charge on any atom is -0.460 e. The smallest absolute Gasteiger partial charge is 0.309 e. The van der Waals surface area contributed by atoms with Crippen LogP contribution in [0.1, 0.15) is 38.9 Å². The van der Waals surface area contributed by atoms with E-state index in [2.05, 4.69) is 4.98 Å². The maximum Gasteiger partial charge on any atom is 0.309 e. The monoisotopic (exact) mass is 261 g/mol. The number of aromatic nitrogens is 1. The molecule has 2 aromatic rings. The highest BCUT2D eigenvalue weighted by Gasteiger charge is 2.21. The lowest BCUT2D eigenvalue weighted by Crippen LogP contribution is -2.24. The van der Waals surface area contributed by atoms with Gasteiger partial charge in [-0.1, -0.05) is 18.2 Å². The van der Waals surface area contributed by atoms with Crippen LogP contribution in [0.15, 0.2) is 30.5 Å². The van der Waals surface area contributed by atoms with Crippen molar-refractivity contribution in [2.75, 3.05) is 0 Å². The van der Waals surface area contributed by atoms with E-state index in [9.17, 15) is 9.90 Å². The molecule has 2 rings (SSSR count). The lowest BCUT2D eigenvalue weighted by atomic mass is 10.1. The fourth-order valence-electron chi connectivity index (χ4n) is 2.02. The molecule has 1 atom stereocenters. The van der Waals surface area contributed by atoms with Crippen molar-refractivity contribution < 1.29 is 14.6 Å². The van der Waals surface area contributed by atoms with Crippen molar-refractivity contribution in [3.63, 3.8) is 0 Å². The maximum atomic E-state index is 11.7. The fraction of sp³-hybridized carbons (Fsp3) is 0.400. The number of benzene rings is 1. The summed E-state index contributed by atoms with van der Waals surface area (Å²) < 4.78 is 5.21. The standard InChI is InChI=1S/C15H19NO3/c1-15(2,3)19-14(18)8-13(17)11-9-16-12-7-5-4-6-10(11)12/h4-7,9,13,16-17H,8H2,1-3H3. The number of esters is 1. The molecule has 0 aliphatic heterocycles. The SMILES string of the molecule is CC(C)(C)OC(=O)CC(O)c1c[nH]c2ccccc12. The number of rotatable bonds is 3. The number of carbonyl (C=O) groups is 1. The third kappa shape index (κ3) is 3.35. The van der Waals surface area contributed by atoms with Crippen LogP contribution in [0.5, 0.6) is 0 Å². The van der Waals surface area contributed by atoms with Crippen LogP contribution < -0.4 is 0 Å². The highest BCUT2D eigenvalue weighted by Crippen LogP contribution is 2.26. The number of para-hydroxylation sites is 1. The Morgan fingerprint density at radius 3 is 2.74 bits per heavy atom. The molecule has 102 valence electrons. The molecule has 0 bridgehead atoms. The Bertz CT molecular complexity index is 580. The normalized spacial score (nSPS) is 13.5. The predicted octanol–water partition coefficient (Wildman–Crippen LogP) is 2.93. The van der Waals surface area contributed by atoms with Gasteiger partial charge in [-0.2, -0.15) is 0 Å². The van der Waals surface area contributed by atoms with Gasteiger partial charge in [-0.15, -0.1) is 0 Å². The lowest BCUT2D eigenvalue weighted by molar-refractivity contribution is -0.157. The zero-order chi connectivity index (χ0) is 14.0. The number of H-pyrrole nitrogens is 1. The summed E-state index contributed by atoms with van der Waals surface area (Å²) in [6.45, 7) is 5.43. The van der Waals surface area contributed by atoms with Crippen LogP contribution in [0.3, 0.4) is 0 Å². The van der Waals surface area contributed by atoms with Gasteiger partial charge in [-0.3, -0.25) is 4.79 Å². The molecule has 1 aromatic heterocycles. The summed E-state index contributed by atoms with van der Waals surface area (Å²) in [4.78, 5) is 14.8.